The molecule has 1 fully saturated rings. The van der Waals surface area contributed by atoms with Crippen LogP contribution in [0.3, 0.4) is 0 Å². The average molecular weight is 468 g/mol. The molecule has 0 bridgehead atoms. The molecule has 1 aliphatic rings. The first-order chi connectivity index (χ1) is 12.2. The van der Waals surface area contributed by atoms with E-state index >= 15 is 0 Å². The second-order valence-corrected chi connectivity index (χ2v) is 6.74. The summed E-state index contributed by atoms with van der Waals surface area (Å²) in [5.41, 5.74) is 1.49. The topological polar surface area (TPSA) is 62.5 Å². The van der Waals surface area contributed by atoms with Crippen LogP contribution in [0.15, 0.2) is 45.9 Å². The molecule has 0 radical (unpaired) electrons. The van der Waals surface area contributed by atoms with Crippen LogP contribution < -0.4 is 10.6 Å². The highest BCUT2D eigenvalue weighted by Gasteiger charge is 2.34. The number of halogens is 1. The second kappa shape index (κ2) is 9.94. The second-order valence-electron chi connectivity index (χ2n) is 6.74. The minimum absolute atomic E-state index is 0. The van der Waals surface area contributed by atoms with Gasteiger partial charge in [-0.2, -0.15) is 0 Å². The molecule has 3 rings (SSSR count). The fourth-order valence-electron chi connectivity index (χ4n) is 3.21. The molecule has 2 aromatic rings. The van der Waals surface area contributed by atoms with Gasteiger partial charge in [0.2, 0.25) is 5.89 Å². The predicted molar refractivity (Wildman–Crippen MR) is 117 cm³/mol. The highest BCUT2D eigenvalue weighted by atomic mass is 127. The van der Waals surface area contributed by atoms with E-state index in [9.17, 15) is 0 Å². The van der Waals surface area contributed by atoms with Crippen molar-refractivity contribution < 1.29 is 4.42 Å². The van der Waals surface area contributed by atoms with E-state index < -0.39 is 0 Å². The summed E-state index contributed by atoms with van der Waals surface area (Å²) in [5.74, 6) is 2.25. The molecule has 5 nitrogen and oxygen atoms in total. The smallest absolute Gasteiger partial charge is 0.216 e. The van der Waals surface area contributed by atoms with Crippen molar-refractivity contribution in [3.8, 4) is 11.3 Å². The summed E-state index contributed by atoms with van der Waals surface area (Å²) in [6.07, 6.45) is 6.97. The van der Waals surface area contributed by atoms with Gasteiger partial charge in [-0.1, -0.05) is 43.7 Å². The van der Waals surface area contributed by atoms with Gasteiger partial charge in [-0.05, 0) is 31.6 Å². The molecule has 1 aromatic carbocycles. The molecule has 0 spiro atoms. The van der Waals surface area contributed by atoms with Crippen LogP contribution in [0.4, 0.5) is 0 Å². The van der Waals surface area contributed by atoms with Gasteiger partial charge >= 0.3 is 0 Å². The van der Waals surface area contributed by atoms with E-state index in [1.54, 1.807) is 6.20 Å². The van der Waals surface area contributed by atoms with Gasteiger partial charge in [-0.3, -0.25) is 0 Å². The van der Waals surface area contributed by atoms with Crippen LogP contribution in [0.5, 0.6) is 0 Å². The van der Waals surface area contributed by atoms with Crippen LogP contribution in [0.1, 0.15) is 45.4 Å². The summed E-state index contributed by atoms with van der Waals surface area (Å²) in [6.45, 7) is 6.61. The molecular weight excluding hydrogens is 439 g/mol. The first kappa shape index (κ1) is 20.7. The molecule has 2 N–H and O–H groups in total. The summed E-state index contributed by atoms with van der Waals surface area (Å²) in [7, 11) is 0. The fourth-order valence-corrected chi connectivity index (χ4v) is 3.21. The van der Waals surface area contributed by atoms with Crippen LogP contribution in [0.2, 0.25) is 0 Å². The van der Waals surface area contributed by atoms with Crippen molar-refractivity contribution in [3.05, 3.63) is 42.4 Å². The molecule has 0 unspecified atom stereocenters. The molecule has 1 saturated carbocycles. The largest absolute Gasteiger partial charge is 0.439 e. The van der Waals surface area contributed by atoms with E-state index in [2.05, 4.69) is 34.5 Å². The van der Waals surface area contributed by atoms with Crippen molar-refractivity contribution in [1.29, 1.82) is 0 Å². The number of hydrogen-bond donors (Lipinski definition) is 2. The SMILES string of the molecule is CCNC(=NCc1ncc(-c2ccccc2)o1)NCC1(CC)CCC1.I. The van der Waals surface area contributed by atoms with E-state index in [0.29, 0.717) is 17.9 Å². The lowest BCUT2D eigenvalue weighted by molar-refractivity contribution is 0.131. The monoisotopic (exact) mass is 468 g/mol. The van der Waals surface area contributed by atoms with Crippen molar-refractivity contribution in [3.63, 3.8) is 0 Å². The van der Waals surface area contributed by atoms with Crippen molar-refractivity contribution in [2.45, 2.75) is 46.1 Å². The van der Waals surface area contributed by atoms with Crippen LogP contribution >= 0.6 is 24.0 Å². The number of aromatic nitrogens is 1. The maximum Gasteiger partial charge on any atom is 0.216 e. The molecule has 0 atom stereocenters. The maximum atomic E-state index is 5.82. The Morgan fingerprint density at radius 1 is 1.19 bits per heavy atom. The number of aliphatic imine (C=N–C) groups is 1. The maximum absolute atomic E-state index is 5.82. The molecule has 0 saturated heterocycles. The molecule has 1 heterocycles. The predicted octanol–water partition coefficient (Wildman–Crippen LogP) is 4.60. The lowest BCUT2D eigenvalue weighted by atomic mass is 9.67. The van der Waals surface area contributed by atoms with Crippen molar-refractivity contribution in [2.75, 3.05) is 13.1 Å². The lowest BCUT2D eigenvalue weighted by Crippen LogP contribution is -2.46. The van der Waals surface area contributed by atoms with E-state index in [-0.39, 0.29) is 24.0 Å². The molecule has 1 aromatic heterocycles. The summed E-state index contributed by atoms with van der Waals surface area (Å²) in [4.78, 5) is 8.97. The van der Waals surface area contributed by atoms with Crippen LogP contribution in [0.25, 0.3) is 11.3 Å². The van der Waals surface area contributed by atoms with Gasteiger partial charge in [0.15, 0.2) is 11.7 Å². The van der Waals surface area contributed by atoms with Crippen molar-refractivity contribution >= 4 is 29.9 Å². The zero-order chi connectivity index (χ0) is 17.5. The van der Waals surface area contributed by atoms with Gasteiger partial charge in [0.1, 0.15) is 6.54 Å². The van der Waals surface area contributed by atoms with Gasteiger partial charge < -0.3 is 15.1 Å². The fraction of sp³-hybridized carbons (Fsp3) is 0.500. The number of rotatable bonds is 7. The Hall–Kier alpha value is -1.57. The Labute approximate surface area is 173 Å². The number of benzene rings is 1. The average Bonchev–Trinajstić information content (AvgIpc) is 3.09. The van der Waals surface area contributed by atoms with E-state index in [4.69, 9.17) is 4.42 Å². The normalized spacial score (nSPS) is 15.7. The van der Waals surface area contributed by atoms with Crippen LogP contribution in [0, 0.1) is 5.41 Å². The Balaban J connectivity index is 0.00000243. The van der Waals surface area contributed by atoms with Crippen LogP contribution in [-0.2, 0) is 6.54 Å². The summed E-state index contributed by atoms with van der Waals surface area (Å²) < 4.78 is 5.82. The Morgan fingerprint density at radius 3 is 2.58 bits per heavy atom. The standard InChI is InChI=1S/C20H28N4O.HI/c1-3-20(11-8-12-20)15-24-19(21-4-2)23-14-18-22-13-17(25-18)16-9-6-5-7-10-16;/h5-7,9-10,13H,3-4,8,11-12,14-15H2,1-2H3,(H2,21,23,24);1H. The third-order valence-corrected chi connectivity index (χ3v) is 5.12. The molecule has 0 aliphatic heterocycles. The Kier molecular flexibility index (Phi) is 7.93. The van der Waals surface area contributed by atoms with Gasteiger partial charge in [0.25, 0.3) is 0 Å². The first-order valence-electron chi connectivity index (χ1n) is 9.27. The van der Waals surface area contributed by atoms with Gasteiger partial charge in [0.05, 0.1) is 6.20 Å². The number of oxazole rings is 1. The van der Waals surface area contributed by atoms with Gasteiger partial charge in [-0.15, -0.1) is 24.0 Å². The minimum atomic E-state index is 0. The number of nitrogens with zero attached hydrogens (tertiary/aromatic N) is 2. The van der Waals surface area contributed by atoms with E-state index in [1.807, 2.05) is 30.3 Å². The molecule has 1 aliphatic carbocycles. The van der Waals surface area contributed by atoms with E-state index in [0.717, 1.165) is 30.4 Å². The minimum Gasteiger partial charge on any atom is -0.439 e. The Morgan fingerprint density at radius 2 is 1.96 bits per heavy atom. The Bertz CT molecular complexity index is 689. The van der Waals surface area contributed by atoms with E-state index in [1.165, 1.54) is 25.7 Å². The van der Waals surface area contributed by atoms with Gasteiger partial charge in [-0.25, -0.2) is 9.98 Å². The highest BCUT2D eigenvalue weighted by Crippen LogP contribution is 2.42. The highest BCUT2D eigenvalue weighted by molar-refractivity contribution is 14.0. The third kappa shape index (κ3) is 5.22. The molecule has 6 heteroatoms. The molecule has 0 amide bonds. The summed E-state index contributed by atoms with van der Waals surface area (Å²) in [6, 6.07) is 10.0. The van der Waals surface area contributed by atoms with Crippen molar-refractivity contribution in [1.82, 2.24) is 15.6 Å². The quantitative estimate of drug-likeness (QED) is 0.355. The number of guanidine groups is 1. The molecular formula is C20H29IN4O. The summed E-state index contributed by atoms with van der Waals surface area (Å²) >= 11 is 0. The molecule has 26 heavy (non-hydrogen) atoms. The lowest BCUT2D eigenvalue weighted by Gasteiger charge is -2.41. The summed E-state index contributed by atoms with van der Waals surface area (Å²) in [5, 5.41) is 6.80. The number of nitrogens with one attached hydrogen (secondary N) is 2. The first-order valence-corrected chi connectivity index (χ1v) is 9.27. The van der Waals surface area contributed by atoms with Gasteiger partial charge in [0, 0.05) is 18.7 Å². The van der Waals surface area contributed by atoms with Crippen LogP contribution in [-0.4, -0.2) is 24.0 Å². The van der Waals surface area contributed by atoms with Crippen molar-refractivity contribution in [2.24, 2.45) is 10.4 Å². The third-order valence-electron chi connectivity index (χ3n) is 5.12. The zero-order valence-corrected chi connectivity index (χ0v) is 18.0. The number of hydrogen-bond acceptors (Lipinski definition) is 3. The zero-order valence-electron chi connectivity index (χ0n) is 15.6. The molecule has 142 valence electrons.